The van der Waals surface area contributed by atoms with Crippen LogP contribution in [-0.2, 0) is 9.53 Å². The molecule has 0 bridgehead atoms. The average molecular weight is 188 g/mol. The monoisotopic (exact) mass is 188 g/mol. The first-order valence-electron chi connectivity index (χ1n) is 4.60. The lowest BCUT2D eigenvalue weighted by Crippen LogP contribution is -2.45. The molecule has 0 fully saturated rings. The van der Waals surface area contributed by atoms with Crippen LogP contribution in [0.2, 0.25) is 0 Å². The zero-order chi connectivity index (χ0) is 10.4. The maximum atomic E-state index is 11.0. The molecule has 2 N–H and O–H groups in total. The van der Waals surface area contributed by atoms with Crippen molar-refractivity contribution >= 4 is 5.97 Å². The maximum Gasteiger partial charge on any atom is 0.323 e. The minimum Gasteiger partial charge on any atom is -0.468 e. The van der Waals surface area contributed by atoms with Gasteiger partial charge in [0.1, 0.15) is 6.04 Å². The van der Waals surface area contributed by atoms with Gasteiger partial charge in [0.25, 0.3) is 0 Å². The smallest absolute Gasteiger partial charge is 0.323 e. The van der Waals surface area contributed by atoms with E-state index < -0.39 is 6.04 Å². The van der Waals surface area contributed by atoms with Crippen molar-refractivity contribution in [3.63, 3.8) is 0 Å². The highest BCUT2D eigenvalue weighted by Crippen LogP contribution is 1.99. The molecule has 0 heterocycles. The van der Waals surface area contributed by atoms with Crippen LogP contribution in [0, 0.1) is 0 Å². The third-order valence-electron chi connectivity index (χ3n) is 2.07. The molecule has 0 amide bonds. The molecule has 0 aromatic heterocycles. The summed E-state index contributed by atoms with van der Waals surface area (Å²) in [6.45, 7) is 7.65. The first kappa shape index (κ1) is 12.4. The number of esters is 1. The van der Waals surface area contributed by atoms with E-state index in [1.165, 1.54) is 7.11 Å². The molecule has 13 heavy (non-hydrogen) atoms. The van der Waals surface area contributed by atoms with Crippen molar-refractivity contribution in [1.29, 1.82) is 0 Å². The Labute approximate surface area is 80.0 Å². The molecule has 0 spiro atoms. The van der Waals surface area contributed by atoms with Gasteiger partial charge in [0.2, 0.25) is 0 Å². The number of rotatable bonds is 5. The molecule has 0 radical (unpaired) electrons. The highest BCUT2D eigenvalue weighted by Gasteiger charge is 2.18. The molecular weight excluding hydrogens is 168 g/mol. The lowest BCUT2D eigenvalue weighted by molar-refractivity contribution is -0.142. The van der Waals surface area contributed by atoms with Crippen molar-refractivity contribution in [2.24, 2.45) is 5.73 Å². The average Bonchev–Trinajstić information content (AvgIpc) is 2.11. The molecule has 1 atom stereocenters. The van der Waals surface area contributed by atoms with Gasteiger partial charge in [-0.25, -0.2) is 0 Å². The summed E-state index contributed by atoms with van der Waals surface area (Å²) in [5, 5.41) is 0. The highest BCUT2D eigenvalue weighted by molar-refractivity contribution is 5.75. The summed E-state index contributed by atoms with van der Waals surface area (Å²) >= 11 is 0. The van der Waals surface area contributed by atoms with Crippen LogP contribution in [0.3, 0.4) is 0 Å². The quantitative estimate of drug-likeness (QED) is 0.627. The predicted molar refractivity (Wildman–Crippen MR) is 52.4 cm³/mol. The summed E-state index contributed by atoms with van der Waals surface area (Å²) in [7, 11) is 1.36. The number of nitrogens with zero attached hydrogens (tertiary/aromatic N) is 1. The molecule has 4 heteroatoms. The largest absolute Gasteiger partial charge is 0.468 e. The number of nitrogens with two attached hydrogens (primary N) is 1. The molecule has 0 saturated heterocycles. The van der Waals surface area contributed by atoms with Gasteiger partial charge in [0.05, 0.1) is 7.11 Å². The maximum absolute atomic E-state index is 11.0. The molecule has 0 aromatic rings. The Morgan fingerprint density at radius 2 is 2.08 bits per heavy atom. The van der Waals surface area contributed by atoms with Gasteiger partial charge in [0, 0.05) is 12.6 Å². The van der Waals surface area contributed by atoms with E-state index in [-0.39, 0.29) is 5.97 Å². The van der Waals surface area contributed by atoms with Crippen molar-refractivity contribution in [2.45, 2.75) is 32.9 Å². The normalized spacial score (nSPS) is 13.5. The molecule has 0 aliphatic rings. The molecule has 0 saturated carbocycles. The second-order valence-corrected chi connectivity index (χ2v) is 3.31. The summed E-state index contributed by atoms with van der Waals surface area (Å²) in [6, 6.07) is -0.131. The number of hydrogen-bond donors (Lipinski definition) is 1. The van der Waals surface area contributed by atoms with Crippen LogP contribution in [0.5, 0.6) is 0 Å². The van der Waals surface area contributed by atoms with E-state index in [2.05, 4.69) is 23.5 Å². The van der Waals surface area contributed by atoms with E-state index in [1.54, 1.807) is 0 Å². The number of methoxy groups -OCH3 is 1. The van der Waals surface area contributed by atoms with Crippen molar-refractivity contribution in [1.82, 2.24) is 4.90 Å². The van der Waals surface area contributed by atoms with Gasteiger partial charge in [-0.15, -0.1) is 0 Å². The van der Waals surface area contributed by atoms with E-state index in [0.29, 0.717) is 12.6 Å². The summed E-state index contributed by atoms with van der Waals surface area (Å²) in [4.78, 5) is 13.1. The molecule has 0 aromatic carbocycles. The highest BCUT2D eigenvalue weighted by atomic mass is 16.5. The Morgan fingerprint density at radius 1 is 1.54 bits per heavy atom. The van der Waals surface area contributed by atoms with Crippen molar-refractivity contribution in [3.05, 3.63) is 0 Å². The third-order valence-corrected chi connectivity index (χ3v) is 2.07. The number of carbonyl (C=O) groups is 1. The van der Waals surface area contributed by atoms with E-state index in [0.717, 1.165) is 6.54 Å². The second kappa shape index (κ2) is 5.94. The summed E-state index contributed by atoms with van der Waals surface area (Å²) in [6.07, 6.45) is 0. The Bertz CT molecular complexity index is 160. The zero-order valence-corrected chi connectivity index (χ0v) is 8.91. The summed E-state index contributed by atoms with van der Waals surface area (Å²) in [5.41, 5.74) is 5.63. The topological polar surface area (TPSA) is 55.6 Å². The van der Waals surface area contributed by atoms with Gasteiger partial charge in [-0.05, 0) is 20.4 Å². The number of carbonyl (C=O) groups excluding carboxylic acids is 1. The van der Waals surface area contributed by atoms with E-state index in [4.69, 9.17) is 5.73 Å². The molecule has 78 valence electrons. The molecule has 0 aliphatic heterocycles. The molecule has 0 aliphatic carbocycles. The Hall–Kier alpha value is -0.610. The van der Waals surface area contributed by atoms with E-state index in [1.807, 2.05) is 6.92 Å². The van der Waals surface area contributed by atoms with Gasteiger partial charge in [-0.1, -0.05) is 6.92 Å². The Kier molecular flexibility index (Phi) is 5.66. The van der Waals surface area contributed by atoms with Gasteiger partial charge in [-0.2, -0.15) is 0 Å². The minimum absolute atomic E-state index is 0.348. The fraction of sp³-hybridized carbons (Fsp3) is 0.889. The summed E-state index contributed by atoms with van der Waals surface area (Å²) in [5.74, 6) is -0.348. The second-order valence-electron chi connectivity index (χ2n) is 3.31. The fourth-order valence-electron chi connectivity index (χ4n) is 1.18. The van der Waals surface area contributed by atoms with Crippen LogP contribution in [0.4, 0.5) is 0 Å². The van der Waals surface area contributed by atoms with Gasteiger partial charge in [-0.3, -0.25) is 9.69 Å². The van der Waals surface area contributed by atoms with Crippen LogP contribution >= 0.6 is 0 Å². The van der Waals surface area contributed by atoms with Gasteiger partial charge in [0.15, 0.2) is 0 Å². The first-order chi connectivity index (χ1) is 6.02. The lowest BCUT2D eigenvalue weighted by atomic mass is 10.2. The summed E-state index contributed by atoms with van der Waals surface area (Å²) < 4.78 is 4.55. The molecule has 4 nitrogen and oxygen atoms in total. The standard InChI is InChI=1S/C9H20N2O2/c1-5-11(7(2)3)6-8(10)9(12)13-4/h7-8H,5-6,10H2,1-4H3. The molecular formula is C9H20N2O2. The van der Waals surface area contributed by atoms with Crippen LogP contribution in [0.1, 0.15) is 20.8 Å². The third kappa shape index (κ3) is 4.24. The fourth-order valence-corrected chi connectivity index (χ4v) is 1.18. The first-order valence-corrected chi connectivity index (χ1v) is 4.60. The Balaban J connectivity index is 4.00. The van der Waals surface area contributed by atoms with E-state index >= 15 is 0 Å². The van der Waals surface area contributed by atoms with Crippen molar-refractivity contribution in [2.75, 3.05) is 20.2 Å². The van der Waals surface area contributed by atoms with Crippen molar-refractivity contribution < 1.29 is 9.53 Å². The number of likely N-dealkylation sites (N-methyl/N-ethyl adjacent to an activating group) is 1. The van der Waals surface area contributed by atoms with Crippen LogP contribution < -0.4 is 5.73 Å². The molecule has 1 unspecified atom stereocenters. The van der Waals surface area contributed by atoms with Crippen LogP contribution in [0.15, 0.2) is 0 Å². The Morgan fingerprint density at radius 3 is 2.38 bits per heavy atom. The number of hydrogen-bond acceptors (Lipinski definition) is 4. The van der Waals surface area contributed by atoms with Crippen LogP contribution in [-0.4, -0.2) is 43.2 Å². The predicted octanol–water partition coefficient (Wildman–Crippen LogP) is 0.217. The minimum atomic E-state index is -0.535. The molecule has 0 rings (SSSR count). The number of ether oxygens (including phenoxy) is 1. The van der Waals surface area contributed by atoms with Crippen LogP contribution in [0.25, 0.3) is 0 Å². The van der Waals surface area contributed by atoms with Gasteiger partial charge < -0.3 is 10.5 Å². The van der Waals surface area contributed by atoms with Crippen molar-refractivity contribution in [3.8, 4) is 0 Å². The van der Waals surface area contributed by atoms with E-state index in [9.17, 15) is 4.79 Å². The SMILES string of the molecule is CCN(CC(N)C(=O)OC)C(C)C. The lowest BCUT2D eigenvalue weighted by Gasteiger charge is -2.26. The zero-order valence-electron chi connectivity index (χ0n) is 8.91. The van der Waals surface area contributed by atoms with Gasteiger partial charge >= 0.3 is 5.97 Å².